The molecule has 0 spiro atoms. The molecular formula is C11H16N2. The summed E-state index contributed by atoms with van der Waals surface area (Å²) in [5.41, 5.74) is 9.97. The zero-order valence-corrected chi connectivity index (χ0v) is 8.01. The van der Waals surface area contributed by atoms with Crippen LogP contribution in [-0.2, 0) is 6.42 Å². The van der Waals surface area contributed by atoms with Gasteiger partial charge in [0.2, 0.25) is 0 Å². The van der Waals surface area contributed by atoms with Gasteiger partial charge in [-0.05, 0) is 42.5 Å². The first-order valence-corrected chi connectivity index (χ1v) is 4.87. The van der Waals surface area contributed by atoms with Gasteiger partial charge in [0.05, 0.1) is 0 Å². The Hall–Kier alpha value is -1.02. The molecule has 0 saturated carbocycles. The Balaban J connectivity index is 2.39. The summed E-state index contributed by atoms with van der Waals surface area (Å²) in [7, 11) is 1.95. The van der Waals surface area contributed by atoms with Crippen LogP contribution in [0.15, 0.2) is 18.2 Å². The molecule has 0 fully saturated rings. The lowest BCUT2D eigenvalue weighted by molar-refractivity contribution is 0.570. The van der Waals surface area contributed by atoms with E-state index in [1.165, 1.54) is 29.7 Å². The van der Waals surface area contributed by atoms with Gasteiger partial charge >= 0.3 is 0 Å². The third-order valence-corrected chi connectivity index (χ3v) is 2.79. The van der Waals surface area contributed by atoms with E-state index in [0.29, 0.717) is 0 Å². The van der Waals surface area contributed by atoms with Crippen LogP contribution in [0.2, 0.25) is 0 Å². The molecule has 13 heavy (non-hydrogen) atoms. The third-order valence-electron chi connectivity index (χ3n) is 2.79. The van der Waals surface area contributed by atoms with Crippen LogP contribution in [0.1, 0.15) is 30.0 Å². The molecule has 0 bridgehead atoms. The summed E-state index contributed by atoms with van der Waals surface area (Å²) in [6.07, 6.45) is 3.53. The molecule has 0 saturated heterocycles. The number of anilines is 1. The first kappa shape index (κ1) is 8.57. The lowest BCUT2D eigenvalue weighted by Crippen LogP contribution is -2.17. The first-order chi connectivity index (χ1) is 6.31. The lowest BCUT2D eigenvalue weighted by atomic mass is 9.88. The van der Waals surface area contributed by atoms with Crippen molar-refractivity contribution < 1.29 is 0 Å². The largest absolute Gasteiger partial charge is 0.388 e. The van der Waals surface area contributed by atoms with Gasteiger partial charge in [0.15, 0.2) is 0 Å². The molecule has 70 valence electrons. The van der Waals surface area contributed by atoms with Crippen LogP contribution in [0.4, 0.5) is 5.69 Å². The van der Waals surface area contributed by atoms with Gasteiger partial charge in [-0.2, -0.15) is 0 Å². The summed E-state index contributed by atoms with van der Waals surface area (Å²) in [5, 5.41) is 3.15. The minimum Gasteiger partial charge on any atom is -0.388 e. The Morgan fingerprint density at radius 1 is 1.46 bits per heavy atom. The Morgan fingerprint density at radius 3 is 3.08 bits per heavy atom. The fourth-order valence-corrected chi connectivity index (χ4v) is 2.01. The zero-order valence-electron chi connectivity index (χ0n) is 8.01. The molecule has 1 aliphatic carbocycles. The van der Waals surface area contributed by atoms with Crippen molar-refractivity contribution in [2.45, 2.75) is 25.3 Å². The number of rotatable bonds is 1. The smallest absolute Gasteiger partial charge is 0.0340 e. The molecule has 0 aliphatic heterocycles. The average molecular weight is 176 g/mol. The van der Waals surface area contributed by atoms with Gasteiger partial charge in [-0.15, -0.1) is 0 Å². The molecule has 0 amide bonds. The molecule has 1 aromatic carbocycles. The molecule has 1 aliphatic rings. The van der Waals surface area contributed by atoms with E-state index in [1.54, 1.807) is 0 Å². The standard InChI is InChI=1S/C11H16N2/c1-13-9-5-6-10-8(7-9)3-2-4-11(10)12/h5-7,11,13H,2-4,12H2,1H3. The second kappa shape index (κ2) is 3.38. The summed E-state index contributed by atoms with van der Waals surface area (Å²) in [6.45, 7) is 0. The monoisotopic (exact) mass is 176 g/mol. The van der Waals surface area contributed by atoms with E-state index >= 15 is 0 Å². The summed E-state index contributed by atoms with van der Waals surface area (Å²) < 4.78 is 0. The van der Waals surface area contributed by atoms with Gasteiger partial charge in [0.25, 0.3) is 0 Å². The van der Waals surface area contributed by atoms with Gasteiger partial charge in [0, 0.05) is 18.8 Å². The van der Waals surface area contributed by atoms with E-state index in [0.717, 1.165) is 6.42 Å². The van der Waals surface area contributed by atoms with E-state index in [-0.39, 0.29) is 6.04 Å². The molecule has 1 atom stereocenters. The summed E-state index contributed by atoms with van der Waals surface area (Å²) in [5.74, 6) is 0. The number of aryl methyl sites for hydroxylation is 1. The number of nitrogens with two attached hydrogens (primary N) is 1. The van der Waals surface area contributed by atoms with Gasteiger partial charge in [0.1, 0.15) is 0 Å². The zero-order chi connectivity index (χ0) is 9.26. The van der Waals surface area contributed by atoms with Crippen molar-refractivity contribution in [3.8, 4) is 0 Å². The summed E-state index contributed by atoms with van der Waals surface area (Å²) in [6, 6.07) is 6.73. The van der Waals surface area contributed by atoms with E-state index in [9.17, 15) is 0 Å². The van der Waals surface area contributed by atoms with Crippen molar-refractivity contribution in [2.75, 3.05) is 12.4 Å². The van der Waals surface area contributed by atoms with E-state index in [2.05, 4.69) is 23.5 Å². The maximum Gasteiger partial charge on any atom is 0.0340 e. The highest BCUT2D eigenvalue weighted by Gasteiger charge is 2.16. The number of nitrogens with one attached hydrogen (secondary N) is 1. The highest BCUT2D eigenvalue weighted by molar-refractivity contribution is 5.49. The molecule has 1 unspecified atom stereocenters. The number of benzene rings is 1. The Kier molecular flexibility index (Phi) is 2.23. The maximum atomic E-state index is 6.02. The fourth-order valence-electron chi connectivity index (χ4n) is 2.01. The topological polar surface area (TPSA) is 38.0 Å². The van der Waals surface area contributed by atoms with Gasteiger partial charge in [-0.1, -0.05) is 6.07 Å². The van der Waals surface area contributed by atoms with Crippen LogP contribution in [-0.4, -0.2) is 7.05 Å². The van der Waals surface area contributed by atoms with Crippen LogP contribution >= 0.6 is 0 Å². The molecule has 0 aromatic heterocycles. The van der Waals surface area contributed by atoms with Crippen LogP contribution in [0.25, 0.3) is 0 Å². The van der Waals surface area contributed by atoms with Gasteiger partial charge < -0.3 is 11.1 Å². The number of hydrogen-bond acceptors (Lipinski definition) is 2. The van der Waals surface area contributed by atoms with E-state index in [4.69, 9.17) is 5.73 Å². The molecule has 1 aromatic rings. The lowest BCUT2D eigenvalue weighted by Gasteiger charge is -2.22. The molecule has 2 heteroatoms. The Labute approximate surface area is 79.1 Å². The number of fused-ring (bicyclic) bond motifs is 1. The fraction of sp³-hybridized carbons (Fsp3) is 0.455. The van der Waals surface area contributed by atoms with Crippen molar-refractivity contribution in [1.82, 2.24) is 0 Å². The predicted octanol–water partition coefficient (Wildman–Crippen LogP) is 2.06. The molecule has 2 rings (SSSR count). The highest BCUT2D eigenvalue weighted by atomic mass is 14.8. The molecule has 3 N–H and O–H groups in total. The Bertz CT molecular complexity index is 307. The quantitative estimate of drug-likeness (QED) is 0.687. The van der Waals surface area contributed by atoms with Crippen LogP contribution < -0.4 is 11.1 Å². The highest BCUT2D eigenvalue weighted by Crippen LogP contribution is 2.29. The molecule has 0 radical (unpaired) electrons. The predicted molar refractivity (Wildman–Crippen MR) is 55.9 cm³/mol. The van der Waals surface area contributed by atoms with Crippen LogP contribution in [0, 0.1) is 0 Å². The third kappa shape index (κ3) is 1.54. The minimum atomic E-state index is 0.259. The molecule has 0 heterocycles. The van der Waals surface area contributed by atoms with Gasteiger partial charge in [-0.25, -0.2) is 0 Å². The van der Waals surface area contributed by atoms with Crippen molar-refractivity contribution in [3.05, 3.63) is 29.3 Å². The van der Waals surface area contributed by atoms with Crippen molar-refractivity contribution >= 4 is 5.69 Å². The van der Waals surface area contributed by atoms with E-state index < -0.39 is 0 Å². The van der Waals surface area contributed by atoms with Crippen molar-refractivity contribution in [2.24, 2.45) is 5.73 Å². The van der Waals surface area contributed by atoms with Crippen molar-refractivity contribution in [3.63, 3.8) is 0 Å². The van der Waals surface area contributed by atoms with Crippen LogP contribution in [0.5, 0.6) is 0 Å². The van der Waals surface area contributed by atoms with Crippen molar-refractivity contribution in [1.29, 1.82) is 0 Å². The van der Waals surface area contributed by atoms with Gasteiger partial charge in [-0.3, -0.25) is 0 Å². The SMILES string of the molecule is CNc1ccc2c(c1)CCCC2N. The minimum absolute atomic E-state index is 0.259. The second-order valence-electron chi connectivity index (χ2n) is 3.66. The first-order valence-electron chi connectivity index (χ1n) is 4.87. The number of hydrogen-bond donors (Lipinski definition) is 2. The van der Waals surface area contributed by atoms with E-state index in [1.807, 2.05) is 7.05 Å². The normalized spacial score (nSPS) is 20.9. The molecular weight excluding hydrogens is 160 g/mol. The molecule has 2 nitrogen and oxygen atoms in total. The maximum absolute atomic E-state index is 6.02. The van der Waals surface area contributed by atoms with Crippen LogP contribution in [0.3, 0.4) is 0 Å². The summed E-state index contributed by atoms with van der Waals surface area (Å²) in [4.78, 5) is 0. The average Bonchev–Trinajstić information content (AvgIpc) is 2.18. The summed E-state index contributed by atoms with van der Waals surface area (Å²) >= 11 is 0. The second-order valence-corrected chi connectivity index (χ2v) is 3.66. The Morgan fingerprint density at radius 2 is 2.31 bits per heavy atom.